The van der Waals surface area contributed by atoms with E-state index in [0.717, 1.165) is 0 Å². The molecular weight excluding hydrogens is 260 g/mol. The van der Waals surface area contributed by atoms with Crippen LogP contribution in [0.4, 0.5) is 0 Å². The van der Waals surface area contributed by atoms with E-state index >= 15 is 0 Å². The SMILES string of the molecule is NCCC(O)CCC(O)CCC(O)CCC(O)CCN. The van der Waals surface area contributed by atoms with Crippen molar-refractivity contribution in [3.8, 4) is 0 Å². The lowest BCUT2D eigenvalue weighted by molar-refractivity contribution is 0.0744. The van der Waals surface area contributed by atoms with E-state index in [4.69, 9.17) is 11.5 Å². The van der Waals surface area contributed by atoms with Crippen LogP contribution >= 0.6 is 0 Å². The molecule has 0 fully saturated rings. The van der Waals surface area contributed by atoms with E-state index in [-0.39, 0.29) is 0 Å². The van der Waals surface area contributed by atoms with Crippen molar-refractivity contribution in [1.29, 1.82) is 0 Å². The van der Waals surface area contributed by atoms with Gasteiger partial charge in [-0.15, -0.1) is 0 Å². The minimum Gasteiger partial charge on any atom is -0.393 e. The van der Waals surface area contributed by atoms with Gasteiger partial charge in [-0.1, -0.05) is 0 Å². The lowest BCUT2D eigenvalue weighted by Gasteiger charge is -2.17. The predicted molar refractivity (Wildman–Crippen MR) is 79.1 cm³/mol. The molecule has 0 rings (SSSR count). The first-order chi connectivity index (χ1) is 9.49. The highest BCUT2D eigenvalue weighted by atomic mass is 16.3. The molecule has 0 aromatic carbocycles. The van der Waals surface area contributed by atoms with Gasteiger partial charge in [0.25, 0.3) is 0 Å². The molecule has 0 amide bonds. The van der Waals surface area contributed by atoms with Crippen LogP contribution in [0.5, 0.6) is 0 Å². The van der Waals surface area contributed by atoms with Gasteiger partial charge in [-0.05, 0) is 64.5 Å². The van der Waals surface area contributed by atoms with Crippen molar-refractivity contribution in [2.24, 2.45) is 11.5 Å². The summed E-state index contributed by atoms with van der Waals surface area (Å²) in [5.74, 6) is 0. The molecular formula is C14H32N2O4. The minimum atomic E-state index is -0.508. The molecule has 8 N–H and O–H groups in total. The van der Waals surface area contributed by atoms with Crippen molar-refractivity contribution in [3.05, 3.63) is 0 Å². The van der Waals surface area contributed by atoms with Gasteiger partial charge in [0, 0.05) is 0 Å². The average Bonchev–Trinajstić information content (AvgIpc) is 2.41. The van der Waals surface area contributed by atoms with Gasteiger partial charge in [-0.2, -0.15) is 0 Å². The Morgan fingerprint density at radius 1 is 0.450 bits per heavy atom. The maximum absolute atomic E-state index is 9.76. The molecule has 0 aromatic rings. The van der Waals surface area contributed by atoms with Gasteiger partial charge in [0.15, 0.2) is 0 Å². The number of aliphatic hydroxyl groups is 4. The maximum Gasteiger partial charge on any atom is 0.0553 e. The zero-order chi connectivity index (χ0) is 15.4. The molecule has 0 spiro atoms. The Kier molecular flexibility index (Phi) is 12.3. The summed E-state index contributed by atoms with van der Waals surface area (Å²) in [5.41, 5.74) is 10.7. The van der Waals surface area contributed by atoms with Crippen molar-refractivity contribution in [1.82, 2.24) is 0 Å². The summed E-state index contributed by atoms with van der Waals surface area (Å²) in [6, 6.07) is 0. The number of hydrogen-bond donors (Lipinski definition) is 6. The second-order valence-electron chi connectivity index (χ2n) is 5.50. The lowest BCUT2D eigenvalue weighted by Crippen LogP contribution is -2.19. The van der Waals surface area contributed by atoms with Crippen LogP contribution in [0, 0.1) is 0 Å². The molecule has 4 unspecified atom stereocenters. The summed E-state index contributed by atoms with van der Waals surface area (Å²) in [5, 5.41) is 38.5. The molecule has 122 valence electrons. The summed E-state index contributed by atoms with van der Waals surface area (Å²) in [6.45, 7) is 0.891. The Morgan fingerprint density at radius 3 is 0.850 bits per heavy atom. The number of nitrogens with two attached hydrogens (primary N) is 2. The quantitative estimate of drug-likeness (QED) is 0.270. The second kappa shape index (κ2) is 12.5. The maximum atomic E-state index is 9.76. The average molecular weight is 292 g/mol. The Labute approximate surface area is 121 Å². The molecule has 0 saturated carbocycles. The third kappa shape index (κ3) is 11.6. The summed E-state index contributed by atoms with van der Waals surface area (Å²) in [6.07, 6.45) is 2.28. The van der Waals surface area contributed by atoms with Gasteiger partial charge in [0.1, 0.15) is 0 Å². The molecule has 0 aliphatic carbocycles. The summed E-state index contributed by atoms with van der Waals surface area (Å²) in [4.78, 5) is 0. The van der Waals surface area contributed by atoms with E-state index in [2.05, 4.69) is 0 Å². The fourth-order valence-corrected chi connectivity index (χ4v) is 2.12. The predicted octanol–water partition coefficient (Wildman–Crippen LogP) is -0.532. The zero-order valence-corrected chi connectivity index (χ0v) is 12.3. The molecule has 0 radical (unpaired) electrons. The van der Waals surface area contributed by atoms with E-state index in [1.807, 2.05) is 0 Å². The topological polar surface area (TPSA) is 133 Å². The first-order valence-electron chi connectivity index (χ1n) is 7.62. The molecule has 0 bridgehead atoms. The molecule has 6 heteroatoms. The van der Waals surface area contributed by atoms with E-state index < -0.39 is 24.4 Å². The lowest BCUT2D eigenvalue weighted by atomic mass is 9.99. The van der Waals surface area contributed by atoms with E-state index in [1.54, 1.807) is 0 Å². The third-order valence-electron chi connectivity index (χ3n) is 3.50. The van der Waals surface area contributed by atoms with Crippen LogP contribution in [0.1, 0.15) is 51.4 Å². The fourth-order valence-electron chi connectivity index (χ4n) is 2.12. The Morgan fingerprint density at radius 2 is 0.650 bits per heavy atom. The standard InChI is InChI=1S/C14H32N2O4/c15-9-7-13(19)5-3-11(17)1-2-12(18)4-6-14(20)8-10-16/h11-14,17-20H,1-10,15-16H2. The molecule has 0 heterocycles. The van der Waals surface area contributed by atoms with Gasteiger partial charge >= 0.3 is 0 Å². The highest BCUT2D eigenvalue weighted by Gasteiger charge is 2.13. The summed E-state index contributed by atoms with van der Waals surface area (Å²) in [7, 11) is 0. The molecule has 20 heavy (non-hydrogen) atoms. The second-order valence-corrected chi connectivity index (χ2v) is 5.50. The molecule has 6 nitrogen and oxygen atoms in total. The smallest absolute Gasteiger partial charge is 0.0553 e. The minimum absolute atomic E-state index is 0.446. The van der Waals surface area contributed by atoms with Crippen LogP contribution in [-0.4, -0.2) is 57.9 Å². The molecule has 4 atom stereocenters. The zero-order valence-electron chi connectivity index (χ0n) is 12.3. The van der Waals surface area contributed by atoms with Crippen molar-refractivity contribution in [2.45, 2.75) is 75.8 Å². The van der Waals surface area contributed by atoms with Crippen molar-refractivity contribution < 1.29 is 20.4 Å². The highest BCUT2D eigenvalue weighted by Crippen LogP contribution is 2.13. The van der Waals surface area contributed by atoms with Crippen molar-refractivity contribution >= 4 is 0 Å². The normalized spacial score (nSPS) is 17.7. The van der Waals surface area contributed by atoms with Gasteiger partial charge in [0.05, 0.1) is 24.4 Å². The van der Waals surface area contributed by atoms with Gasteiger partial charge < -0.3 is 31.9 Å². The number of hydrogen-bond acceptors (Lipinski definition) is 6. The Hall–Kier alpha value is -0.240. The molecule has 0 saturated heterocycles. The first-order valence-corrected chi connectivity index (χ1v) is 7.62. The molecule has 0 aliphatic heterocycles. The van der Waals surface area contributed by atoms with Crippen LogP contribution in [0.15, 0.2) is 0 Å². The van der Waals surface area contributed by atoms with Crippen molar-refractivity contribution in [3.63, 3.8) is 0 Å². The van der Waals surface area contributed by atoms with Crippen LogP contribution in [0.3, 0.4) is 0 Å². The highest BCUT2D eigenvalue weighted by molar-refractivity contribution is 4.67. The van der Waals surface area contributed by atoms with E-state index in [9.17, 15) is 20.4 Å². The number of rotatable bonds is 13. The van der Waals surface area contributed by atoms with Gasteiger partial charge in [-0.25, -0.2) is 0 Å². The largest absolute Gasteiger partial charge is 0.393 e. The third-order valence-corrected chi connectivity index (χ3v) is 3.50. The van der Waals surface area contributed by atoms with Gasteiger partial charge in [0.2, 0.25) is 0 Å². The Bertz CT molecular complexity index is 197. The van der Waals surface area contributed by atoms with Gasteiger partial charge in [-0.3, -0.25) is 0 Å². The van der Waals surface area contributed by atoms with E-state index in [1.165, 1.54) is 0 Å². The molecule has 0 aromatic heterocycles. The summed E-state index contributed by atoms with van der Waals surface area (Å²) < 4.78 is 0. The Balaban J connectivity index is 3.59. The van der Waals surface area contributed by atoms with Crippen LogP contribution in [0.2, 0.25) is 0 Å². The summed E-state index contributed by atoms with van der Waals surface area (Å²) >= 11 is 0. The monoisotopic (exact) mass is 292 g/mol. The van der Waals surface area contributed by atoms with E-state index in [0.29, 0.717) is 64.5 Å². The van der Waals surface area contributed by atoms with Crippen molar-refractivity contribution in [2.75, 3.05) is 13.1 Å². The van der Waals surface area contributed by atoms with Crippen LogP contribution in [0.25, 0.3) is 0 Å². The van der Waals surface area contributed by atoms with Crippen LogP contribution < -0.4 is 11.5 Å². The fraction of sp³-hybridized carbons (Fsp3) is 1.00. The first kappa shape index (κ1) is 19.8. The molecule has 0 aliphatic rings. The van der Waals surface area contributed by atoms with Crippen LogP contribution in [-0.2, 0) is 0 Å². The number of aliphatic hydroxyl groups excluding tert-OH is 4.